The largest absolute Gasteiger partial charge is 0.394 e. The number of likely N-dealkylation sites (tertiary alicyclic amines) is 1. The first-order chi connectivity index (χ1) is 17.5. The first-order valence-corrected chi connectivity index (χ1v) is 12.8. The standard InChI is InChI=1S/C28H36N6O2/c1-32(27(18-35)22-6-3-2-4-7-22)19-28(36)11-14-33(15-12-28)13-5-8-23-17-29-26-10-9-24(16-25(23)26)34-20-30-31-21-34/h2-4,6-7,9-10,16-17,20-21,27,29,35-36H,5,8,11-15,18-19H2,1H3/t27-/m0/s1. The van der Waals surface area contributed by atoms with Crippen LogP contribution in [-0.2, 0) is 6.42 Å². The highest BCUT2D eigenvalue weighted by Crippen LogP contribution is 2.28. The zero-order valence-electron chi connectivity index (χ0n) is 20.9. The van der Waals surface area contributed by atoms with E-state index in [9.17, 15) is 10.2 Å². The van der Waals surface area contributed by atoms with E-state index in [1.165, 1.54) is 10.9 Å². The highest BCUT2D eigenvalue weighted by atomic mass is 16.3. The molecule has 8 nitrogen and oxygen atoms in total. The van der Waals surface area contributed by atoms with Gasteiger partial charge in [-0.05, 0) is 68.6 Å². The molecule has 3 heterocycles. The summed E-state index contributed by atoms with van der Waals surface area (Å²) in [5, 5.41) is 30.3. The molecular weight excluding hydrogens is 452 g/mol. The number of benzene rings is 2. The fraction of sp³-hybridized carbons (Fsp3) is 0.429. The molecule has 2 aromatic carbocycles. The summed E-state index contributed by atoms with van der Waals surface area (Å²) in [6.45, 7) is 3.41. The molecule has 5 rings (SSSR count). The Kier molecular flexibility index (Phi) is 7.48. The number of hydrogen-bond acceptors (Lipinski definition) is 6. The number of aliphatic hydroxyl groups is 2. The van der Waals surface area contributed by atoms with Gasteiger partial charge in [0.2, 0.25) is 0 Å². The summed E-state index contributed by atoms with van der Waals surface area (Å²) < 4.78 is 1.92. The number of likely N-dealkylation sites (N-methyl/N-ethyl adjacent to an activating group) is 1. The molecule has 1 saturated heterocycles. The maximum absolute atomic E-state index is 11.3. The zero-order valence-corrected chi connectivity index (χ0v) is 20.9. The monoisotopic (exact) mass is 488 g/mol. The van der Waals surface area contributed by atoms with Crippen molar-refractivity contribution >= 4 is 10.9 Å². The van der Waals surface area contributed by atoms with Crippen molar-refractivity contribution in [2.45, 2.75) is 37.3 Å². The minimum absolute atomic E-state index is 0.0389. The number of rotatable bonds is 10. The van der Waals surface area contributed by atoms with Crippen molar-refractivity contribution < 1.29 is 10.2 Å². The van der Waals surface area contributed by atoms with Crippen molar-refractivity contribution in [1.29, 1.82) is 0 Å². The van der Waals surface area contributed by atoms with E-state index in [0.29, 0.717) is 6.54 Å². The number of aromatic amines is 1. The van der Waals surface area contributed by atoms with Crippen LogP contribution in [0.5, 0.6) is 0 Å². The number of fused-ring (bicyclic) bond motifs is 1. The fourth-order valence-electron chi connectivity index (χ4n) is 5.46. The van der Waals surface area contributed by atoms with Gasteiger partial charge in [0.25, 0.3) is 0 Å². The van der Waals surface area contributed by atoms with E-state index >= 15 is 0 Å². The molecular formula is C28H36N6O2. The predicted molar refractivity (Wildman–Crippen MR) is 141 cm³/mol. The Hall–Kier alpha value is -3.04. The molecule has 0 bridgehead atoms. The number of nitrogens with zero attached hydrogens (tertiary/aromatic N) is 5. The number of nitrogens with one attached hydrogen (secondary N) is 1. The Labute approximate surface area is 212 Å². The van der Waals surface area contributed by atoms with Crippen LogP contribution in [0, 0.1) is 0 Å². The Morgan fingerprint density at radius 3 is 2.56 bits per heavy atom. The summed E-state index contributed by atoms with van der Waals surface area (Å²) in [5.74, 6) is 0. The summed E-state index contributed by atoms with van der Waals surface area (Å²) >= 11 is 0. The van der Waals surface area contributed by atoms with Crippen molar-refractivity contribution in [3.8, 4) is 5.69 Å². The van der Waals surface area contributed by atoms with Crippen LogP contribution in [0.25, 0.3) is 16.6 Å². The SMILES string of the molecule is CN(CC1(O)CCN(CCCc2c[nH]c3ccc(-n4cnnc4)cc23)CC1)[C@@H](CO)c1ccccc1. The van der Waals surface area contributed by atoms with Gasteiger partial charge in [-0.25, -0.2) is 0 Å². The molecule has 190 valence electrons. The third-order valence-corrected chi connectivity index (χ3v) is 7.61. The normalized spacial score (nSPS) is 17.1. The van der Waals surface area contributed by atoms with Crippen molar-refractivity contribution in [3.05, 3.63) is 78.5 Å². The van der Waals surface area contributed by atoms with Gasteiger partial charge in [-0.2, -0.15) is 0 Å². The lowest BCUT2D eigenvalue weighted by Gasteiger charge is -2.41. The molecule has 0 amide bonds. The van der Waals surface area contributed by atoms with E-state index in [1.807, 2.05) is 41.9 Å². The number of aliphatic hydroxyl groups excluding tert-OH is 1. The Bertz CT molecular complexity index is 1230. The third-order valence-electron chi connectivity index (χ3n) is 7.61. The van der Waals surface area contributed by atoms with Crippen LogP contribution < -0.4 is 0 Å². The minimum atomic E-state index is -0.719. The molecule has 1 fully saturated rings. The minimum Gasteiger partial charge on any atom is -0.394 e. The quantitative estimate of drug-likeness (QED) is 0.318. The molecule has 2 aromatic heterocycles. The van der Waals surface area contributed by atoms with E-state index in [1.54, 1.807) is 12.7 Å². The Balaban J connectivity index is 1.12. The van der Waals surface area contributed by atoms with Crippen LogP contribution in [0.2, 0.25) is 0 Å². The van der Waals surface area contributed by atoms with E-state index in [-0.39, 0.29) is 12.6 Å². The van der Waals surface area contributed by atoms with E-state index < -0.39 is 5.60 Å². The van der Waals surface area contributed by atoms with Gasteiger partial charge in [0.1, 0.15) is 12.7 Å². The van der Waals surface area contributed by atoms with Crippen LogP contribution in [-0.4, -0.2) is 85.2 Å². The average molecular weight is 489 g/mol. The van der Waals surface area contributed by atoms with Gasteiger partial charge in [0.15, 0.2) is 0 Å². The topological polar surface area (TPSA) is 93.4 Å². The van der Waals surface area contributed by atoms with E-state index in [2.05, 4.69) is 49.4 Å². The molecule has 1 aliphatic heterocycles. The van der Waals surface area contributed by atoms with Crippen molar-refractivity contribution in [1.82, 2.24) is 29.5 Å². The highest BCUT2D eigenvalue weighted by Gasteiger charge is 2.34. The summed E-state index contributed by atoms with van der Waals surface area (Å²) in [4.78, 5) is 7.95. The second-order valence-corrected chi connectivity index (χ2v) is 10.1. The van der Waals surface area contributed by atoms with Gasteiger partial charge in [0.05, 0.1) is 18.2 Å². The summed E-state index contributed by atoms with van der Waals surface area (Å²) in [5.41, 5.74) is 3.89. The van der Waals surface area contributed by atoms with Crippen LogP contribution >= 0.6 is 0 Å². The molecule has 0 radical (unpaired) electrons. The van der Waals surface area contributed by atoms with Gasteiger partial charge in [-0.15, -0.1) is 10.2 Å². The van der Waals surface area contributed by atoms with Crippen LogP contribution in [0.1, 0.15) is 36.4 Å². The van der Waals surface area contributed by atoms with Gasteiger partial charge in [0, 0.05) is 42.4 Å². The van der Waals surface area contributed by atoms with E-state index in [0.717, 1.165) is 62.1 Å². The molecule has 36 heavy (non-hydrogen) atoms. The molecule has 4 aromatic rings. The molecule has 3 N–H and O–H groups in total. The van der Waals surface area contributed by atoms with Gasteiger partial charge in [-0.1, -0.05) is 30.3 Å². The Morgan fingerprint density at radius 1 is 1.08 bits per heavy atom. The number of aryl methyl sites for hydroxylation is 1. The molecule has 8 heteroatoms. The van der Waals surface area contributed by atoms with Crippen molar-refractivity contribution in [2.75, 3.05) is 39.8 Å². The molecule has 1 aliphatic rings. The van der Waals surface area contributed by atoms with Gasteiger partial charge in [-0.3, -0.25) is 9.47 Å². The Morgan fingerprint density at radius 2 is 1.83 bits per heavy atom. The number of H-pyrrole nitrogens is 1. The summed E-state index contributed by atoms with van der Waals surface area (Å²) in [6.07, 6.45) is 9.13. The average Bonchev–Trinajstić information content (AvgIpc) is 3.57. The number of aromatic nitrogens is 4. The van der Waals surface area contributed by atoms with Gasteiger partial charge < -0.3 is 20.1 Å². The molecule has 0 spiro atoms. The number of hydrogen-bond donors (Lipinski definition) is 3. The lowest BCUT2D eigenvalue weighted by Crippen LogP contribution is -2.51. The first kappa shape index (κ1) is 24.6. The molecule has 0 unspecified atom stereocenters. The third kappa shape index (κ3) is 5.52. The van der Waals surface area contributed by atoms with E-state index in [4.69, 9.17) is 0 Å². The lowest BCUT2D eigenvalue weighted by atomic mass is 9.90. The van der Waals surface area contributed by atoms with Crippen LogP contribution in [0.15, 0.2) is 67.4 Å². The highest BCUT2D eigenvalue weighted by molar-refractivity contribution is 5.85. The molecule has 0 saturated carbocycles. The van der Waals surface area contributed by atoms with Crippen molar-refractivity contribution in [2.24, 2.45) is 0 Å². The number of piperidine rings is 1. The first-order valence-electron chi connectivity index (χ1n) is 12.8. The molecule has 1 atom stereocenters. The summed E-state index contributed by atoms with van der Waals surface area (Å²) in [7, 11) is 1.99. The fourth-order valence-corrected chi connectivity index (χ4v) is 5.46. The summed E-state index contributed by atoms with van der Waals surface area (Å²) in [6, 6.07) is 16.3. The van der Waals surface area contributed by atoms with Gasteiger partial charge >= 0.3 is 0 Å². The maximum Gasteiger partial charge on any atom is 0.123 e. The predicted octanol–water partition coefficient (Wildman–Crippen LogP) is 3.17. The van der Waals surface area contributed by atoms with Crippen molar-refractivity contribution in [3.63, 3.8) is 0 Å². The second-order valence-electron chi connectivity index (χ2n) is 10.1. The van der Waals surface area contributed by atoms with Crippen LogP contribution in [0.3, 0.4) is 0 Å². The lowest BCUT2D eigenvalue weighted by molar-refractivity contribution is -0.0517. The second kappa shape index (κ2) is 10.9. The van der Waals surface area contributed by atoms with Crippen LogP contribution in [0.4, 0.5) is 0 Å². The molecule has 0 aliphatic carbocycles. The smallest absolute Gasteiger partial charge is 0.123 e. The maximum atomic E-state index is 11.3. The zero-order chi connectivity index (χ0) is 25.0.